The van der Waals surface area contributed by atoms with Crippen molar-refractivity contribution in [2.45, 2.75) is 45.2 Å². The molecule has 3 nitrogen and oxygen atoms in total. The van der Waals surface area contributed by atoms with Gasteiger partial charge in [0, 0.05) is 24.0 Å². The van der Waals surface area contributed by atoms with Crippen molar-refractivity contribution in [3.63, 3.8) is 0 Å². The first-order chi connectivity index (χ1) is 7.61. The third-order valence-corrected chi connectivity index (χ3v) is 2.90. The molecule has 2 unspecified atom stereocenters. The molecule has 1 aromatic heterocycles. The first-order valence-electron chi connectivity index (χ1n) is 5.90. The van der Waals surface area contributed by atoms with E-state index in [4.69, 9.17) is 0 Å². The highest BCUT2D eigenvalue weighted by atomic mass is 16.3. The topological polar surface area (TPSA) is 45.1 Å². The van der Waals surface area contributed by atoms with E-state index in [0.717, 1.165) is 18.4 Å². The summed E-state index contributed by atoms with van der Waals surface area (Å²) < 4.78 is 0. The Labute approximate surface area is 97.9 Å². The minimum Gasteiger partial charge on any atom is -0.394 e. The molecule has 0 spiro atoms. The summed E-state index contributed by atoms with van der Waals surface area (Å²) in [5.41, 5.74) is 0.947. The molecule has 2 N–H and O–H groups in total. The summed E-state index contributed by atoms with van der Waals surface area (Å²) in [5.74, 6) is 0. The molecule has 0 saturated heterocycles. The van der Waals surface area contributed by atoms with Gasteiger partial charge < -0.3 is 10.4 Å². The number of aromatic nitrogens is 1. The maximum atomic E-state index is 9.43. The van der Waals surface area contributed by atoms with E-state index in [0.29, 0.717) is 0 Å². The minimum absolute atomic E-state index is 0.158. The molecule has 0 amide bonds. The SMILES string of the molecule is CCCC(C)(CO)NC(C)c1cccnc1. The Bertz CT molecular complexity index is 302. The van der Waals surface area contributed by atoms with Crippen molar-refractivity contribution < 1.29 is 5.11 Å². The summed E-state index contributed by atoms with van der Waals surface area (Å²) in [6.45, 7) is 6.44. The Morgan fingerprint density at radius 3 is 2.81 bits per heavy atom. The first-order valence-corrected chi connectivity index (χ1v) is 5.90. The summed E-state index contributed by atoms with van der Waals surface area (Å²) in [6, 6.07) is 4.19. The summed E-state index contributed by atoms with van der Waals surface area (Å²) in [6.07, 6.45) is 5.66. The molecule has 0 radical (unpaired) electrons. The van der Waals surface area contributed by atoms with E-state index < -0.39 is 0 Å². The molecule has 0 aliphatic carbocycles. The van der Waals surface area contributed by atoms with Gasteiger partial charge in [-0.3, -0.25) is 4.98 Å². The van der Waals surface area contributed by atoms with Crippen LogP contribution in [0.4, 0.5) is 0 Å². The Hall–Kier alpha value is -0.930. The summed E-state index contributed by atoms with van der Waals surface area (Å²) in [7, 11) is 0. The fourth-order valence-corrected chi connectivity index (χ4v) is 1.99. The van der Waals surface area contributed by atoms with Gasteiger partial charge in [-0.2, -0.15) is 0 Å². The Morgan fingerprint density at radius 2 is 2.31 bits per heavy atom. The highest BCUT2D eigenvalue weighted by Crippen LogP contribution is 2.18. The quantitative estimate of drug-likeness (QED) is 0.776. The molecule has 1 rings (SSSR count). The number of aliphatic hydroxyl groups is 1. The van der Waals surface area contributed by atoms with E-state index in [9.17, 15) is 5.11 Å². The second kappa shape index (κ2) is 5.97. The van der Waals surface area contributed by atoms with Crippen molar-refractivity contribution in [2.24, 2.45) is 0 Å². The number of hydrogen-bond acceptors (Lipinski definition) is 3. The lowest BCUT2D eigenvalue weighted by atomic mass is 9.95. The van der Waals surface area contributed by atoms with Crippen molar-refractivity contribution in [3.05, 3.63) is 30.1 Å². The van der Waals surface area contributed by atoms with Gasteiger partial charge in [-0.1, -0.05) is 19.4 Å². The fraction of sp³-hybridized carbons (Fsp3) is 0.615. The van der Waals surface area contributed by atoms with E-state index in [2.05, 4.69) is 37.1 Å². The maximum absolute atomic E-state index is 9.43. The zero-order valence-corrected chi connectivity index (χ0v) is 10.4. The molecule has 2 atom stereocenters. The summed E-state index contributed by atoms with van der Waals surface area (Å²) >= 11 is 0. The summed E-state index contributed by atoms with van der Waals surface area (Å²) in [5, 5.41) is 12.9. The van der Waals surface area contributed by atoms with E-state index in [1.54, 1.807) is 6.20 Å². The average molecular weight is 222 g/mol. The van der Waals surface area contributed by atoms with Crippen LogP contribution < -0.4 is 5.32 Å². The third kappa shape index (κ3) is 3.58. The predicted octanol–water partition coefficient (Wildman–Crippen LogP) is 2.28. The van der Waals surface area contributed by atoms with Crippen LogP contribution in [-0.4, -0.2) is 22.2 Å². The first kappa shape index (κ1) is 13.1. The molecule has 1 aromatic rings. The van der Waals surface area contributed by atoms with Crippen LogP contribution in [-0.2, 0) is 0 Å². The van der Waals surface area contributed by atoms with Gasteiger partial charge >= 0.3 is 0 Å². The molecule has 0 aliphatic rings. The third-order valence-electron chi connectivity index (χ3n) is 2.90. The Kier molecular flexibility index (Phi) is 4.90. The highest BCUT2D eigenvalue weighted by molar-refractivity contribution is 5.13. The van der Waals surface area contributed by atoms with Gasteiger partial charge in [-0.15, -0.1) is 0 Å². The number of nitrogens with zero attached hydrogens (tertiary/aromatic N) is 1. The summed E-state index contributed by atoms with van der Waals surface area (Å²) in [4.78, 5) is 4.11. The van der Waals surface area contributed by atoms with Crippen molar-refractivity contribution in [1.82, 2.24) is 10.3 Å². The molecule has 0 bridgehead atoms. The number of nitrogens with one attached hydrogen (secondary N) is 1. The molecule has 0 saturated carbocycles. The molecule has 90 valence electrons. The van der Waals surface area contributed by atoms with Crippen LogP contribution in [0.3, 0.4) is 0 Å². The van der Waals surface area contributed by atoms with E-state index in [1.165, 1.54) is 0 Å². The largest absolute Gasteiger partial charge is 0.394 e. The van der Waals surface area contributed by atoms with Gasteiger partial charge in [0.1, 0.15) is 0 Å². The monoisotopic (exact) mass is 222 g/mol. The van der Waals surface area contributed by atoms with Gasteiger partial charge in [0.25, 0.3) is 0 Å². The van der Waals surface area contributed by atoms with Gasteiger partial charge in [0.2, 0.25) is 0 Å². The number of rotatable bonds is 6. The zero-order chi connectivity index (χ0) is 12.0. The average Bonchev–Trinajstić information content (AvgIpc) is 2.30. The Morgan fingerprint density at radius 1 is 1.56 bits per heavy atom. The van der Waals surface area contributed by atoms with Crippen LogP contribution in [0.2, 0.25) is 0 Å². The lowest BCUT2D eigenvalue weighted by molar-refractivity contribution is 0.154. The van der Waals surface area contributed by atoms with Crippen LogP contribution in [0.5, 0.6) is 0 Å². The number of pyridine rings is 1. The van der Waals surface area contributed by atoms with Gasteiger partial charge in [-0.25, -0.2) is 0 Å². The molecular weight excluding hydrogens is 200 g/mol. The van der Waals surface area contributed by atoms with E-state index >= 15 is 0 Å². The van der Waals surface area contributed by atoms with Crippen LogP contribution in [0, 0.1) is 0 Å². The predicted molar refractivity (Wildman–Crippen MR) is 66.2 cm³/mol. The van der Waals surface area contributed by atoms with Crippen molar-refractivity contribution >= 4 is 0 Å². The van der Waals surface area contributed by atoms with Gasteiger partial charge in [0.05, 0.1) is 6.61 Å². The molecule has 0 fully saturated rings. The van der Waals surface area contributed by atoms with Crippen molar-refractivity contribution in [3.8, 4) is 0 Å². The van der Waals surface area contributed by atoms with Crippen LogP contribution in [0.15, 0.2) is 24.5 Å². The van der Waals surface area contributed by atoms with E-state index in [1.807, 2.05) is 12.3 Å². The van der Waals surface area contributed by atoms with Crippen LogP contribution in [0.25, 0.3) is 0 Å². The van der Waals surface area contributed by atoms with Gasteiger partial charge in [0.15, 0.2) is 0 Å². The van der Waals surface area contributed by atoms with Crippen molar-refractivity contribution in [2.75, 3.05) is 6.61 Å². The van der Waals surface area contributed by atoms with Gasteiger partial charge in [-0.05, 0) is 31.9 Å². The number of hydrogen-bond donors (Lipinski definition) is 2. The number of aliphatic hydroxyl groups excluding tert-OH is 1. The molecule has 16 heavy (non-hydrogen) atoms. The second-order valence-electron chi connectivity index (χ2n) is 4.62. The lowest BCUT2D eigenvalue weighted by Crippen LogP contribution is -2.46. The maximum Gasteiger partial charge on any atom is 0.0610 e. The fourth-order valence-electron chi connectivity index (χ4n) is 1.99. The smallest absolute Gasteiger partial charge is 0.0610 e. The van der Waals surface area contributed by atoms with Crippen LogP contribution in [0.1, 0.15) is 45.2 Å². The molecule has 3 heteroatoms. The van der Waals surface area contributed by atoms with Crippen LogP contribution >= 0.6 is 0 Å². The van der Waals surface area contributed by atoms with Crippen molar-refractivity contribution in [1.29, 1.82) is 0 Å². The Balaban J connectivity index is 2.65. The van der Waals surface area contributed by atoms with E-state index in [-0.39, 0.29) is 18.2 Å². The molecular formula is C13H22N2O. The molecule has 0 aliphatic heterocycles. The second-order valence-corrected chi connectivity index (χ2v) is 4.62. The molecule has 0 aromatic carbocycles. The normalized spacial score (nSPS) is 16.8. The minimum atomic E-state index is -0.204. The standard InChI is InChI=1S/C13H22N2O/c1-4-7-13(3,10-16)15-11(2)12-6-5-8-14-9-12/h5-6,8-9,11,15-16H,4,7,10H2,1-3H3. The highest BCUT2D eigenvalue weighted by Gasteiger charge is 2.24. The zero-order valence-electron chi connectivity index (χ0n) is 10.4. The lowest BCUT2D eigenvalue weighted by Gasteiger charge is -2.32. The molecule has 1 heterocycles.